The molecule has 0 N–H and O–H groups in total. The summed E-state index contributed by atoms with van der Waals surface area (Å²) in [6.07, 6.45) is 7.96. The Labute approximate surface area is 197 Å². The van der Waals surface area contributed by atoms with Gasteiger partial charge in [-0.25, -0.2) is 9.97 Å². The van der Waals surface area contributed by atoms with Gasteiger partial charge in [0.05, 0.1) is 34.5 Å². The van der Waals surface area contributed by atoms with Gasteiger partial charge in [0.2, 0.25) is 0 Å². The molecule has 4 aromatic rings. The lowest BCUT2D eigenvalue weighted by atomic mass is 9.96. The molecule has 8 heteroatoms. The summed E-state index contributed by atoms with van der Waals surface area (Å²) in [5.74, 6) is 0.466. The largest absolute Gasteiger partial charge is 0.301 e. The molecule has 0 aliphatic carbocycles. The van der Waals surface area contributed by atoms with E-state index in [0.717, 1.165) is 53.1 Å². The van der Waals surface area contributed by atoms with Crippen LogP contribution in [0.4, 0.5) is 0 Å². The van der Waals surface area contributed by atoms with Crippen LogP contribution >= 0.6 is 11.3 Å². The van der Waals surface area contributed by atoms with Crippen molar-refractivity contribution in [3.8, 4) is 11.3 Å². The lowest BCUT2D eigenvalue weighted by molar-refractivity contribution is 0.0987. The molecule has 7 nitrogen and oxygen atoms in total. The van der Waals surface area contributed by atoms with E-state index < -0.39 is 0 Å². The number of likely N-dealkylation sites (tertiary alicyclic amines) is 1. The monoisotopic (exact) mass is 460 g/mol. The van der Waals surface area contributed by atoms with Gasteiger partial charge in [0.1, 0.15) is 5.69 Å². The molecule has 5 rings (SSSR count). The molecule has 0 atom stereocenters. The summed E-state index contributed by atoms with van der Waals surface area (Å²) in [5, 5.41) is 8.17. The second kappa shape index (κ2) is 9.11. The fraction of sp³-hybridized carbons (Fsp3) is 0.400. The Hall–Kier alpha value is -2.97. The van der Waals surface area contributed by atoms with E-state index >= 15 is 0 Å². The van der Waals surface area contributed by atoms with Crippen molar-refractivity contribution in [3.63, 3.8) is 0 Å². The number of thiazole rings is 1. The van der Waals surface area contributed by atoms with Crippen LogP contribution in [0.15, 0.2) is 42.2 Å². The number of ketones is 1. The molecular formula is C25H28N6OS. The molecule has 0 radical (unpaired) electrons. The molecule has 170 valence electrons. The molecule has 1 aliphatic rings. The van der Waals surface area contributed by atoms with E-state index in [1.165, 1.54) is 0 Å². The lowest BCUT2D eigenvalue weighted by Gasteiger charge is -2.33. The minimum absolute atomic E-state index is 0.00683. The normalized spacial score (nSPS) is 15.5. The first-order valence-electron chi connectivity index (χ1n) is 11.4. The van der Waals surface area contributed by atoms with Gasteiger partial charge in [-0.1, -0.05) is 0 Å². The topological polar surface area (TPSA) is 76.8 Å². The minimum atomic E-state index is 0.00683. The van der Waals surface area contributed by atoms with Crippen molar-refractivity contribution in [2.75, 3.05) is 13.1 Å². The van der Waals surface area contributed by atoms with Crippen LogP contribution in [0.5, 0.6) is 0 Å². The molecule has 0 bridgehead atoms. The molecule has 33 heavy (non-hydrogen) atoms. The summed E-state index contributed by atoms with van der Waals surface area (Å²) in [6, 6.07) is 6.46. The molecule has 0 amide bonds. The summed E-state index contributed by atoms with van der Waals surface area (Å²) < 4.78 is 1.76. The van der Waals surface area contributed by atoms with E-state index in [0.29, 0.717) is 23.3 Å². The second-order valence-electron chi connectivity index (χ2n) is 9.04. The van der Waals surface area contributed by atoms with Gasteiger partial charge in [0, 0.05) is 47.7 Å². The van der Waals surface area contributed by atoms with Gasteiger partial charge < -0.3 is 4.90 Å². The average molecular weight is 461 g/mol. The van der Waals surface area contributed by atoms with Crippen molar-refractivity contribution in [2.45, 2.75) is 45.1 Å². The number of fused-ring (bicyclic) bond motifs is 1. The third-order valence-corrected chi connectivity index (χ3v) is 7.40. The smallest absolute Gasteiger partial charge is 0.187 e. The molecule has 1 aliphatic heterocycles. The van der Waals surface area contributed by atoms with E-state index in [-0.39, 0.29) is 12.2 Å². The minimum Gasteiger partial charge on any atom is -0.301 e. The number of carbonyl (C=O) groups excluding carboxylic acids is 1. The van der Waals surface area contributed by atoms with Crippen molar-refractivity contribution >= 4 is 28.0 Å². The van der Waals surface area contributed by atoms with Crippen molar-refractivity contribution in [1.82, 2.24) is 29.6 Å². The third-order valence-electron chi connectivity index (χ3n) is 6.39. The van der Waals surface area contributed by atoms with Crippen LogP contribution in [0, 0.1) is 0 Å². The van der Waals surface area contributed by atoms with Gasteiger partial charge in [-0.15, -0.1) is 11.3 Å². The fourth-order valence-electron chi connectivity index (χ4n) is 4.39. The van der Waals surface area contributed by atoms with Gasteiger partial charge in [-0.2, -0.15) is 5.10 Å². The summed E-state index contributed by atoms with van der Waals surface area (Å²) in [5.41, 5.74) is 3.91. The van der Waals surface area contributed by atoms with Crippen LogP contribution in [0.3, 0.4) is 0 Å². The van der Waals surface area contributed by atoms with Crippen LogP contribution < -0.4 is 0 Å². The zero-order valence-electron chi connectivity index (χ0n) is 19.2. The summed E-state index contributed by atoms with van der Waals surface area (Å²) in [4.78, 5) is 29.4. The number of rotatable bonds is 6. The predicted octanol–water partition coefficient (Wildman–Crippen LogP) is 4.50. The van der Waals surface area contributed by atoms with Gasteiger partial charge in [-0.05, 0) is 58.0 Å². The van der Waals surface area contributed by atoms with E-state index in [1.807, 2.05) is 36.8 Å². The lowest BCUT2D eigenvalue weighted by Crippen LogP contribution is -2.37. The molecule has 0 spiro atoms. The zero-order chi connectivity index (χ0) is 22.9. The first-order chi connectivity index (χ1) is 16.0. The Kier molecular flexibility index (Phi) is 6.03. The summed E-state index contributed by atoms with van der Waals surface area (Å²) >= 11 is 1.62. The number of carbonyl (C=O) groups is 1. The highest BCUT2D eigenvalue weighted by Crippen LogP contribution is 2.31. The van der Waals surface area contributed by atoms with Gasteiger partial charge in [0.15, 0.2) is 5.78 Å². The first-order valence-corrected chi connectivity index (χ1v) is 12.3. The number of Topliss-reactive ketones (excluding diaryl/α,β-unsaturated/α-hetero) is 1. The first kappa shape index (κ1) is 21.9. The SMILES string of the molecule is CC(C)N1CCC(c2nc(C(=O)Cc3cc4nc(-c5cnn(C)c5)ccc4cn3)cs2)CC1. The van der Waals surface area contributed by atoms with Crippen molar-refractivity contribution in [3.05, 3.63) is 58.6 Å². The maximum Gasteiger partial charge on any atom is 0.187 e. The number of piperidine rings is 1. The molecule has 5 heterocycles. The predicted molar refractivity (Wildman–Crippen MR) is 131 cm³/mol. The molecular weight excluding hydrogens is 432 g/mol. The van der Waals surface area contributed by atoms with Crippen molar-refractivity contribution in [2.24, 2.45) is 7.05 Å². The highest BCUT2D eigenvalue weighted by molar-refractivity contribution is 7.09. The molecule has 0 unspecified atom stereocenters. The number of hydrogen-bond donors (Lipinski definition) is 0. The summed E-state index contributed by atoms with van der Waals surface area (Å²) in [7, 11) is 1.89. The Morgan fingerprint density at radius 3 is 2.73 bits per heavy atom. The average Bonchev–Trinajstić information content (AvgIpc) is 3.48. The quantitative estimate of drug-likeness (QED) is 0.394. The van der Waals surface area contributed by atoms with E-state index in [4.69, 9.17) is 9.97 Å². The molecule has 4 aromatic heterocycles. The fourth-order valence-corrected chi connectivity index (χ4v) is 5.39. The Balaban J connectivity index is 1.29. The Bertz CT molecular complexity index is 1290. The van der Waals surface area contributed by atoms with Crippen molar-refractivity contribution in [1.29, 1.82) is 0 Å². The van der Waals surface area contributed by atoms with Gasteiger partial charge in [-0.3, -0.25) is 14.5 Å². The van der Waals surface area contributed by atoms with Gasteiger partial charge >= 0.3 is 0 Å². The van der Waals surface area contributed by atoms with Gasteiger partial charge in [0.25, 0.3) is 0 Å². The van der Waals surface area contributed by atoms with Crippen LogP contribution in [-0.2, 0) is 13.5 Å². The molecule has 0 aromatic carbocycles. The number of aromatic nitrogens is 5. The van der Waals surface area contributed by atoms with E-state index in [1.54, 1.807) is 28.4 Å². The number of nitrogens with zero attached hydrogens (tertiary/aromatic N) is 6. The highest BCUT2D eigenvalue weighted by Gasteiger charge is 2.25. The maximum atomic E-state index is 12.9. The standard InChI is InChI=1S/C25H28N6OS/c1-16(2)31-8-6-17(7-9-31)25-29-23(15-33-25)24(32)11-20-10-22-18(12-26-20)4-5-21(28-22)19-13-27-30(3)14-19/h4-5,10,12-17H,6-9,11H2,1-3H3. The number of aryl methyl sites for hydroxylation is 1. The van der Waals surface area contributed by atoms with E-state index in [9.17, 15) is 4.79 Å². The summed E-state index contributed by atoms with van der Waals surface area (Å²) in [6.45, 7) is 6.69. The highest BCUT2D eigenvalue weighted by atomic mass is 32.1. The maximum absolute atomic E-state index is 12.9. The van der Waals surface area contributed by atoms with Crippen LogP contribution in [0.2, 0.25) is 0 Å². The Morgan fingerprint density at radius 2 is 2.00 bits per heavy atom. The van der Waals surface area contributed by atoms with Crippen LogP contribution in [0.1, 0.15) is 53.8 Å². The number of pyridine rings is 2. The van der Waals surface area contributed by atoms with Crippen LogP contribution in [0.25, 0.3) is 22.2 Å². The van der Waals surface area contributed by atoms with E-state index in [2.05, 4.69) is 28.8 Å². The molecule has 1 saturated heterocycles. The third kappa shape index (κ3) is 4.72. The zero-order valence-corrected chi connectivity index (χ0v) is 20.0. The molecule has 1 fully saturated rings. The van der Waals surface area contributed by atoms with Crippen LogP contribution in [-0.4, -0.2) is 54.5 Å². The second-order valence-corrected chi connectivity index (χ2v) is 9.93. The number of hydrogen-bond acceptors (Lipinski definition) is 7. The Morgan fingerprint density at radius 1 is 1.18 bits per heavy atom. The van der Waals surface area contributed by atoms with Crippen molar-refractivity contribution < 1.29 is 4.79 Å². The molecule has 0 saturated carbocycles.